The molecule has 1 saturated heterocycles. The molecule has 4 heteroatoms. The van der Waals surface area contributed by atoms with E-state index < -0.39 is 11.9 Å². The van der Waals surface area contributed by atoms with Crippen molar-refractivity contribution in [2.45, 2.75) is 5.92 Å². The minimum absolute atomic E-state index is 0.103. The van der Waals surface area contributed by atoms with Gasteiger partial charge in [0, 0.05) is 19.0 Å². The highest BCUT2D eigenvalue weighted by Gasteiger charge is 2.34. The molecule has 0 saturated carbocycles. The van der Waals surface area contributed by atoms with Crippen molar-refractivity contribution >= 4 is 5.97 Å². The number of benzene rings is 1. The molecule has 2 rings (SSSR count). The zero-order valence-corrected chi connectivity index (χ0v) is 8.68. The lowest BCUT2D eigenvalue weighted by Crippen LogP contribution is -2.21. The third-order valence-electron chi connectivity index (χ3n) is 3.01. The fourth-order valence-electron chi connectivity index (χ4n) is 2.19. The number of nitrogens with zero attached hydrogens (tertiary/aromatic N) is 1. The van der Waals surface area contributed by atoms with Crippen molar-refractivity contribution < 1.29 is 9.90 Å². The Morgan fingerprint density at radius 3 is 2.88 bits per heavy atom. The van der Waals surface area contributed by atoms with E-state index >= 15 is 0 Å². The fraction of sp³-hybridized carbons (Fsp3) is 0.333. The van der Waals surface area contributed by atoms with Crippen LogP contribution in [0.2, 0.25) is 0 Å². The van der Waals surface area contributed by atoms with E-state index in [-0.39, 0.29) is 5.92 Å². The Kier molecular flexibility index (Phi) is 2.88. The number of nitriles is 1. The molecule has 0 spiro atoms. The van der Waals surface area contributed by atoms with Crippen LogP contribution in [0.3, 0.4) is 0 Å². The molecule has 1 aromatic rings. The third kappa shape index (κ3) is 1.77. The molecule has 1 aliphatic heterocycles. The minimum Gasteiger partial charge on any atom is -0.481 e. The van der Waals surface area contributed by atoms with Crippen LogP contribution in [0.25, 0.3) is 0 Å². The molecule has 0 unspecified atom stereocenters. The Bertz CT molecular complexity index is 451. The zero-order chi connectivity index (χ0) is 11.5. The van der Waals surface area contributed by atoms with E-state index in [0.717, 1.165) is 5.56 Å². The molecule has 0 radical (unpaired) electrons. The highest BCUT2D eigenvalue weighted by molar-refractivity contribution is 5.72. The maximum atomic E-state index is 11.1. The van der Waals surface area contributed by atoms with E-state index in [1.165, 1.54) is 0 Å². The summed E-state index contributed by atoms with van der Waals surface area (Å²) in [6.45, 7) is 1.09. The molecule has 0 bridgehead atoms. The molecule has 1 aromatic carbocycles. The van der Waals surface area contributed by atoms with Gasteiger partial charge in [-0.05, 0) is 11.6 Å². The van der Waals surface area contributed by atoms with Crippen LogP contribution in [0.5, 0.6) is 0 Å². The summed E-state index contributed by atoms with van der Waals surface area (Å²) in [5.41, 5.74) is 1.41. The summed E-state index contributed by atoms with van der Waals surface area (Å²) in [7, 11) is 0. The standard InChI is InChI=1S/C12H12N2O2/c13-5-8-3-1-2-4-9(8)10-6-14-7-11(10)12(15)16/h1-4,10-11,14H,6-7H2,(H,15,16)/t10-,11-/m1/s1. The van der Waals surface area contributed by atoms with Crippen molar-refractivity contribution in [3.8, 4) is 6.07 Å². The molecule has 0 aliphatic carbocycles. The number of carbonyl (C=O) groups is 1. The number of carboxylic acid groups (broad SMARTS) is 1. The number of hydrogen-bond donors (Lipinski definition) is 2. The van der Waals surface area contributed by atoms with Gasteiger partial charge in [-0.25, -0.2) is 0 Å². The molecule has 1 heterocycles. The second-order valence-corrected chi connectivity index (χ2v) is 3.91. The van der Waals surface area contributed by atoms with Crippen LogP contribution in [-0.4, -0.2) is 24.2 Å². The molecule has 4 nitrogen and oxygen atoms in total. The predicted molar refractivity (Wildman–Crippen MR) is 57.9 cm³/mol. The van der Waals surface area contributed by atoms with Crippen LogP contribution in [0.15, 0.2) is 24.3 Å². The molecule has 1 aliphatic rings. The Labute approximate surface area is 93.5 Å². The predicted octanol–water partition coefficient (Wildman–Crippen LogP) is 0.946. The van der Waals surface area contributed by atoms with Crippen LogP contribution in [0.4, 0.5) is 0 Å². The highest BCUT2D eigenvalue weighted by atomic mass is 16.4. The number of hydrogen-bond acceptors (Lipinski definition) is 3. The number of nitrogens with one attached hydrogen (secondary N) is 1. The number of carboxylic acids is 1. The van der Waals surface area contributed by atoms with Crippen molar-refractivity contribution in [1.82, 2.24) is 5.32 Å². The van der Waals surface area contributed by atoms with Gasteiger partial charge in [0.15, 0.2) is 0 Å². The van der Waals surface area contributed by atoms with E-state index in [1.54, 1.807) is 12.1 Å². The summed E-state index contributed by atoms with van der Waals surface area (Å²) >= 11 is 0. The maximum Gasteiger partial charge on any atom is 0.308 e. The van der Waals surface area contributed by atoms with Gasteiger partial charge in [0.05, 0.1) is 17.6 Å². The second kappa shape index (κ2) is 4.33. The Balaban J connectivity index is 2.37. The van der Waals surface area contributed by atoms with Crippen molar-refractivity contribution in [3.05, 3.63) is 35.4 Å². The Hall–Kier alpha value is -1.86. The fourth-order valence-corrected chi connectivity index (χ4v) is 2.19. The summed E-state index contributed by atoms with van der Waals surface area (Å²) in [4.78, 5) is 11.1. The molecule has 2 N–H and O–H groups in total. The van der Waals surface area contributed by atoms with E-state index in [2.05, 4.69) is 11.4 Å². The molecule has 0 aromatic heterocycles. The molecule has 0 amide bonds. The summed E-state index contributed by atoms with van der Waals surface area (Å²) in [6.07, 6.45) is 0. The monoisotopic (exact) mass is 216 g/mol. The van der Waals surface area contributed by atoms with Gasteiger partial charge in [-0.2, -0.15) is 5.26 Å². The van der Waals surface area contributed by atoms with Crippen LogP contribution in [-0.2, 0) is 4.79 Å². The van der Waals surface area contributed by atoms with E-state index in [1.807, 2.05) is 12.1 Å². The van der Waals surface area contributed by atoms with E-state index in [9.17, 15) is 4.79 Å². The van der Waals surface area contributed by atoms with Gasteiger partial charge >= 0.3 is 5.97 Å². The van der Waals surface area contributed by atoms with Gasteiger partial charge in [0.1, 0.15) is 0 Å². The van der Waals surface area contributed by atoms with Crippen molar-refractivity contribution in [1.29, 1.82) is 5.26 Å². The Morgan fingerprint density at radius 2 is 2.19 bits per heavy atom. The zero-order valence-electron chi connectivity index (χ0n) is 8.68. The third-order valence-corrected chi connectivity index (χ3v) is 3.01. The van der Waals surface area contributed by atoms with E-state index in [4.69, 9.17) is 10.4 Å². The van der Waals surface area contributed by atoms with Gasteiger partial charge in [-0.3, -0.25) is 4.79 Å². The largest absolute Gasteiger partial charge is 0.481 e. The Morgan fingerprint density at radius 1 is 1.44 bits per heavy atom. The van der Waals surface area contributed by atoms with Crippen molar-refractivity contribution in [2.75, 3.05) is 13.1 Å². The molecule has 82 valence electrons. The van der Waals surface area contributed by atoms with Crippen LogP contribution in [0, 0.1) is 17.2 Å². The summed E-state index contributed by atoms with van der Waals surface area (Å²) in [5.74, 6) is -1.34. The smallest absolute Gasteiger partial charge is 0.308 e. The first-order valence-corrected chi connectivity index (χ1v) is 5.16. The highest BCUT2D eigenvalue weighted by Crippen LogP contribution is 2.30. The quantitative estimate of drug-likeness (QED) is 0.771. The normalized spacial score (nSPS) is 23.9. The first-order valence-electron chi connectivity index (χ1n) is 5.16. The average molecular weight is 216 g/mol. The van der Waals surface area contributed by atoms with Crippen LogP contribution < -0.4 is 5.32 Å². The second-order valence-electron chi connectivity index (χ2n) is 3.91. The summed E-state index contributed by atoms with van der Waals surface area (Å²) < 4.78 is 0. The first-order chi connectivity index (χ1) is 7.74. The average Bonchev–Trinajstić information content (AvgIpc) is 2.77. The number of aliphatic carboxylic acids is 1. The summed E-state index contributed by atoms with van der Waals surface area (Å²) in [6, 6.07) is 9.31. The lowest BCUT2D eigenvalue weighted by atomic mass is 9.86. The first kappa shape index (κ1) is 10.7. The number of rotatable bonds is 2. The molecular formula is C12H12N2O2. The van der Waals surface area contributed by atoms with Gasteiger partial charge in [-0.15, -0.1) is 0 Å². The van der Waals surface area contributed by atoms with Crippen LogP contribution >= 0.6 is 0 Å². The van der Waals surface area contributed by atoms with E-state index in [0.29, 0.717) is 18.7 Å². The van der Waals surface area contributed by atoms with Gasteiger partial charge in [0.25, 0.3) is 0 Å². The lowest BCUT2D eigenvalue weighted by Gasteiger charge is -2.15. The van der Waals surface area contributed by atoms with Crippen molar-refractivity contribution in [2.24, 2.45) is 5.92 Å². The summed E-state index contributed by atoms with van der Waals surface area (Å²) in [5, 5.41) is 21.1. The van der Waals surface area contributed by atoms with Crippen molar-refractivity contribution in [3.63, 3.8) is 0 Å². The van der Waals surface area contributed by atoms with Gasteiger partial charge in [0.2, 0.25) is 0 Å². The minimum atomic E-state index is -0.803. The SMILES string of the molecule is N#Cc1ccccc1[C@H]1CNC[C@H]1C(=O)O. The van der Waals surface area contributed by atoms with Gasteiger partial charge < -0.3 is 10.4 Å². The van der Waals surface area contributed by atoms with Crippen LogP contribution in [0.1, 0.15) is 17.0 Å². The molecule has 16 heavy (non-hydrogen) atoms. The molecule has 2 atom stereocenters. The maximum absolute atomic E-state index is 11.1. The molecule has 1 fully saturated rings. The topological polar surface area (TPSA) is 73.1 Å². The lowest BCUT2D eigenvalue weighted by molar-refractivity contribution is -0.141. The molecular weight excluding hydrogens is 204 g/mol. The van der Waals surface area contributed by atoms with Gasteiger partial charge in [-0.1, -0.05) is 18.2 Å².